The normalized spacial score (nSPS) is 11.2. The zero-order valence-corrected chi connectivity index (χ0v) is 16.8. The maximum atomic E-state index is 12.7. The van der Waals surface area contributed by atoms with Crippen LogP contribution in [0.1, 0.15) is 12.5 Å². The summed E-state index contributed by atoms with van der Waals surface area (Å²) in [5.74, 6) is 0.704. The number of ether oxygens (including phenoxy) is 1. The molecule has 1 N–H and O–H groups in total. The highest BCUT2D eigenvalue weighted by atomic mass is 35.5. The van der Waals surface area contributed by atoms with E-state index in [0.717, 1.165) is 12.0 Å². The number of anilines is 1. The van der Waals surface area contributed by atoms with E-state index in [-0.39, 0.29) is 4.90 Å². The monoisotopic (exact) mass is 421 g/mol. The highest BCUT2D eigenvalue weighted by Gasteiger charge is 2.17. The zero-order chi connectivity index (χ0) is 19.4. The van der Waals surface area contributed by atoms with Crippen molar-refractivity contribution in [2.45, 2.75) is 18.2 Å². The van der Waals surface area contributed by atoms with Crippen LogP contribution >= 0.6 is 23.2 Å². The van der Waals surface area contributed by atoms with E-state index in [1.165, 1.54) is 0 Å². The van der Waals surface area contributed by atoms with Gasteiger partial charge in [-0.1, -0.05) is 54.4 Å². The van der Waals surface area contributed by atoms with E-state index in [4.69, 9.17) is 27.9 Å². The summed E-state index contributed by atoms with van der Waals surface area (Å²) in [5, 5.41) is 0.812. The van der Waals surface area contributed by atoms with Crippen molar-refractivity contribution in [2.24, 2.45) is 0 Å². The van der Waals surface area contributed by atoms with Gasteiger partial charge in [0.15, 0.2) is 5.75 Å². The third-order valence-electron chi connectivity index (χ3n) is 3.89. The number of para-hydroxylation sites is 2. The second kappa shape index (κ2) is 8.21. The van der Waals surface area contributed by atoms with Gasteiger partial charge < -0.3 is 4.74 Å². The maximum absolute atomic E-state index is 12.7. The Morgan fingerprint density at radius 1 is 0.926 bits per heavy atom. The van der Waals surface area contributed by atoms with E-state index in [9.17, 15) is 8.42 Å². The van der Waals surface area contributed by atoms with Gasteiger partial charge in [-0.25, -0.2) is 8.42 Å². The van der Waals surface area contributed by atoms with Crippen molar-refractivity contribution < 1.29 is 13.2 Å². The average Bonchev–Trinajstić information content (AvgIpc) is 2.65. The molecule has 0 radical (unpaired) electrons. The summed E-state index contributed by atoms with van der Waals surface area (Å²) >= 11 is 12.0. The van der Waals surface area contributed by atoms with Gasteiger partial charge >= 0.3 is 0 Å². The Hall–Kier alpha value is -2.21. The first-order chi connectivity index (χ1) is 12.9. The van der Waals surface area contributed by atoms with Crippen molar-refractivity contribution in [3.8, 4) is 11.5 Å². The Kier molecular flexibility index (Phi) is 5.95. The number of benzene rings is 3. The molecule has 27 heavy (non-hydrogen) atoms. The van der Waals surface area contributed by atoms with E-state index < -0.39 is 10.0 Å². The lowest BCUT2D eigenvalue weighted by atomic mass is 10.2. The van der Waals surface area contributed by atoms with Crippen LogP contribution in [-0.2, 0) is 16.4 Å². The molecule has 140 valence electrons. The number of halogens is 2. The number of sulfonamides is 1. The van der Waals surface area contributed by atoms with Gasteiger partial charge in [0.05, 0.1) is 15.6 Å². The fourth-order valence-electron chi connectivity index (χ4n) is 2.42. The topological polar surface area (TPSA) is 55.4 Å². The van der Waals surface area contributed by atoms with Gasteiger partial charge in [-0.15, -0.1) is 0 Å². The average molecular weight is 422 g/mol. The molecule has 3 aromatic carbocycles. The Balaban J connectivity index is 1.89. The van der Waals surface area contributed by atoms with Crippen LogP contribution in [0.15, 0.2) is 71.6 Å². The minimum absolute atomic E-state index is 0.180. The highest BCUT2D eigenvalue weighted by molar-refractivity contribution is 7.92. The summed E-state index contributed by atoms with van der Waals surface area (Å²) in [6.07, 6.45) is 0.840. The fourth-order valence-corrected chi connectivity index (χ4v) is 3.94. The minimum atomic E-state index is -3.75. The number of rotatable bonds is 6. The molecule has 3 aromatic rings. The summed E-state index contributed by atoms with van der Waals surface area (Å²) in [5.41, 5.74) is 1.37. The molecule has 0 aromatic heterocycles. The van der Waals surface area contributed by atoms with E-state index in [0.29, 0.717) is 27.2 Å². The molecule has 4 nitrogen and oxygen atoms in total. The number of hydrogen-bond donors (Lipinski definition) is 1. The third-order valence-corrected chi connectivity index (χ3v) is 5.80. The molecule has 0 bridgehead atoms. The molecule has 0 aliphatic carbocycles. The molecule has 0 aliphatic heterocycles. The first-order valence-corrected chi connectivity index (χ1v) is 10.5. The van der Waals surface area contributed by atoms with Gasteiger partial charge in [-0.05, 0) is 54.4 Å². The van der Waals surface area contributed by atoms with Crippen molar-refractivity contribution in [3.63, 3.8) is 0 Å². The first kappa shape index (κ1) is 19.5. The molecular weight excluding hydrogens is 405 g/mol. The van der Waals surface area contributed by atoms with Crippen LogP contribution in [0.25, 0.3) is 0 Å². The van der Waals surface area contributed by atoms with Crippen LogP contribution in [0.4, 0.5) is 5.69 Å². The summed E-state index contributed by atoms with van der Waals surface area (Å²) in [4.78, 5) is 0.180. The second-order valence-corrected chi connectivity index (χ2v) is 8.30. The second-order valence-electron chi connectivity index (χ2n) is 5.78. The summed E-state index contributed by atoms with van der Waals surface area (Å²) < 4.78 is 33.8. The van der Waals surface area contributed by atoms with Crippen LogP contribution in [-0.4, -0.2) is 8.42 Å². The predicted octanol–water partition coefficient (Wildman–Crippen LogP) is 6.15. The molecule has 3 rings (SSSR count). The third kappa shape index (κ3) is 4.75. The van der Waals surface area contributed by atoms with Gasteiger partial charge in [0.25, 0.3) is 10.0 Å². The summed E-state index contributed by atoms with van der Waals surface area (Å²) in [7, 11) is -3.75. The number of hydrogen-bond acceptors (Lipinski definition) is 3. The molecule has 7 heteroatoms. The van der Waals surface area contributed by atoms with Gasteiger partial charge in [0, 0.05) is 5.02 Å². The number of aryl methyl sites for hydroxylation is 1. The van der Waals surface area contributed by atoms with Crippen molar-refractivity contribution in [1.29, 1.82) is 0 Å². The molecule has 0 unspecified atom stereocenters. The minimum Gasteiger partial charge on any atom is -0.454 e. The van der Waals surface area contributed by atoms with Gasteiger partial charge in [-0.2, -0.15) is 0 Å². The SMILES string of the molecule is CCc1ccc(S(=O)(=O)Nc2ccccc2Oc2ccc(Cl)cc2Cl)cc1. The van der Waals surface area contributed by atoms with Crippen LogP contribution in [0.5, 0.6) is 11.5 Å². The first-order valence-electron chi connectivity index (χ1n) is 8.23. The Morgan fingerprint density at radius 2 is 1.63 bits per heavy atom. The molecule has 0 atom stereocenters. The highest BCUT2D eigenvalue weighted by Crippen LogP contribution is 2.35. The lowest BCUT2D eigenvalue weighted by molar-refractivity contribution is 0.485. The molecule has 0 fully saturated rings. The molecule has 0 spiro atoms. The number of nitrogens with one attached hydrogen (secondary N) is 1. The van der Waals surface area contributed by atoms with Crippen molar-refractivity contribution in [3.05, 3.63) is 82.3 Å². The van der Waals surface area contributed by atoms with Crippen LogP contribution < -0.4 is 9.46 Å². The van der Waals surface area contributed by atoms with Crippen LogP contribution in [0.3, 0.4) is 0 Å². The van der Waals surface area contributed by atoms with Crippen LogP contribution in [0.2, 0.25) is 10.0 Å². The summed E-state index contributed by atoms with van der Waals surface area (Å²) in [6.45, 7) is 2.01. The van der Waals surface area contributed by atoms with E-state index in [2.05, 4.69) is 4.72 Å². The van der Waals surface area contributed by atoms with Crippen molar-refractivity contribution in [2.75, 3.05) is 4.72 Å². The predicted molar refractivity (Wildman–Crippen MR) is 110 cm³/mol. The van der Waals surface area contributed by atoms with Crippen molar-refractivity contribution in [1.82, 2.24) is 0 Å². The standard InChI is InChI=1S/C20H17Cl2NO3S/c1-2-14-7-10-16(11-8-14)27(24,25)23-18-5-3-4-6-20(18)26-19-12-9-15(21)13-17(19)22/h3-13,23H,2H2,1H3. The van der Waals surface area contributed by atoms with Crippen molar-refractivity contribution >= 4 is 38.9 Å². The van der Waals surface area contributed by atoms with Gasteiger partial charge in [0.1, 0.15) is 5.75 Å². The lowest BCUT2D eigenvalue weighted by Crippen LogP contribution is -2.13. The molecular formula is C20H17Cl2NO3S. The Morgan fingerprint density at radius 3 is 2.30 bits per heavy atom. The molecule has 0 amide bonds. The van der Waals surface area contributed by atoms with E-state index in [1.807, 2.05) is 6.92 Å². The molecule has 0 saturated heterocycles. The van der Waals surface area contributed by atoms with Gasteiger partial charge in [0.2, 0.25) is 0 Å². The quantitative estimate of drug-likeness (QED) is 0.519. The smallest absolute Gasteiger partial charge is 0.262 e. The molecule has 0 aliphatic rings. The zero-order valence-electron chi connectivity index (χ0n) is 14.4. The van der Waals surface area contributed by atoms with Gasteiger partial charge in [-0.3, -0.25) is 4.72 Å². The Bertz CT molecular complexity index is 1050. The molecule has 0 saturated carbocycles. The largest absolute Gasteiger partial charge is 0.454 e. The lowest BCUT2D eigenvalue weighted by Gasteiger charge is -2.14. The maximum Gasteiger partial charge on any atom is 0.262 e. The van der Waals surface area contributed by atoms with E-state index >= 15 is 0 Å². The Labute approximate surface area is 168 Å². The summed E-state index contributed by atoms with van der Waals surface area (Å²) in [6, 6.07) is 18.3. The van der Waals surface area contributed by atoms with E-state index in [1.54, 1.807) is 66.7 Å². The fraction of sp³-hybridized carbons (Fsp3) is 0.100. The van der Waals surface area contributed by atoms with Crippen LogP contribution in [0, 0.1) is 0 Å². The molecule has 0 heterocycles.